The van der Waals surface area contributed by atoms with Gasteiger partial charge in [-0.2, -0.15) is 0 Å². The van der Waals surface area contributed by atoms with E-state index in [0.29, 0.717) is 6.54 Å². The van der Waals surface area contributed by atoms with Crippen molar-refractivity contribution < 1.29 is 14.6 Å². The molecule has 20 heavy (non-hydrogen) atoms. The molecule has 0 bridgehead atoms. The normalized spacial score (nSPS) is 19.8. The molecule has 1 aromatic rings. The second kappa shape index (κ2) is 8.19. The van der Waals surface area contributed by atoms with E-state index in [-0.39, 0.29) is 31.1 Å². The van der Waals surface area contributed by atoms with Crippen LogP contribution >= 0.6 is 11.3 Å². The number of carbonyl (C=O) groups excluding carboxylic acids is 1. The molecule has 5 heteroatoms. The Bertz CT molecular complexity index is 430. The predicted molar refractivity (Wildman–Crippen MR) is 79.6 cm³/mol. The Hall–Kier alpha value is -1.17. The number of hydrogen-bond acceptors (Lipinski definition) is 4. The van der Waals surface area contributed by atoms with E-state index < -0.39 is 0 Å². The number of carbonyl (C=O) groups is 1. The van der Waals surface area contributed by atoms with E-state index in [1.165, 1.54) is 0 Å². The van der Waals surface area contributed by atoms with Crippen LogP contribution in [0.2, 0.25) is 0 Å². The average Bonchev–Trinajstić information content (AvgIpc) is 3.02. The number of rotatable bonds is 7. The summed E-state index contributed by atoms with van der Waals surface area (Å²) in [6.45, 7) is 0.730. The van der Waals surface area contributed by atoms with Crippen molar-refractivity contribution in [2.75, 3.05) is 19.8 Å². The Balaban J connectivity index is 1.84. The van der Waals surface area contributed by atoms with Crippen LogP contribution in [0.3, 0.4) is 0 Å². The molecule has 4 nitrogen and oxygen atoms in total. The number of nitrogens with one attached hydrogen (secondary N) is 1. The summed E-state index contributed by atoms with van der Waals surface area (Å²) >= 11 is 1.60. The standard InChI is InChI=1S/C15H21NO3S/c17-8-9-19-13(14-7-4-10-20-14)11-16-15(18)12-5-2-1-3-6-12/h1-2,4,7,10,12-13,17H,3,5-6,8-9,11H2,(H,16,18)/t12-,13-/m0/s1. The maximum Gasteiger partial charge on any atom is 0.223 e. The molecule has 1 aromatic heterocycles. The first-order chi connectivity index (χ1) is 9.81. The highest BCUT2D eigenvalue weighted by atomic mass is 32.1. The van der Waals surface area contributed by atoms with Gasteiger partial charge >= 0.3 is 0 Å². The van der Waals surface area contributed by atoms with Gasteiger partial charge in [0.1, 0.15) is 6.10 Å². The minimum absolute atomic E-state index is 0.0107. The highest BCUT2D eigenvalue weighted by molar-refractivity contribution is 7.10. The number of aliphatic hydroxyl groups excluding tert-OH is 1. The average molecular weight is 295 g/mol. The molecule has 0 unspecified atom stereocenters. The van der Waals surface area contributed by atoms with Gasteiger partial charge in [0.15, 0.2) is 0 Å². The lowest BCUT2D eigenvalue weighted by atomic mass is 9.93. The molecule has 0 aromatic carbocycles. The third-order valence-electron chi connectivity index (χ3n) is 3.37. The van der Waals surface area contributed by atoms with Crippen LogP contribution in [-0.2, 0) is 9.53 Å². The smallest absolute Gasteiger partial charge is 0.223 e. The summed E-state index contributed by atoms with van der Waals surface area (Å²) in [4.78, 5) is 13.2. The Morgan fingerprint density at radius 1 is 1.55 bits per heavy atom. The molecule has 1 heterocycles. The number of aliphatic hydroxyl groups is 1. The number of allylic oxidation sites excluding steroid dienone is 2. The Labute approximate surface area is 123 Å². The lowest BCUT2D eigenvalue weighted by molar-refractivity contribution is -0.126. The number of ether oxygens (including phenoxy) is 1. The lowest BCUT2D eigenvalue weighted by Gasteiger charge is -2.21. The molecule has 1 aliphatic rings. The van der Waals surface area contributed by atoms with Gasteiger partial charge < -0.3 is 15.2 Å². The van der Waals surface area contributed by atoms with Gasteiger partial charge in [0.2, 0.25) is 5.91 Å². The summed E-state index contributed by atoms with van der Waals surface area (Å²) in [5.74, 6) is 0.185. The molecule has 2 rings (SSSR count). The van der Waals surface area contributed by atoms with Crippen LogP contribution in [0.1, 0.15) is 30.2 Å². The van der Waals surface area contributed by atoms with Crippen LogP contribution in [0.25, 0.3) is 0 Å². The Morgan fingerprint density at radius 2 is 2.45 bits per heavy atom. The largest absolute Gasteiger partial charge is 0.394 e. The molecule has 1 amide bonds. The monoisotopic (exact) mass is 295 g/mol. The molecule has 0 saturated carbocycles. The third kappa shape index (κ3) is 4.44. The van der Waals surface area contributed by atoms with Crippen LogP contribution in [0, 0.1) is 5.92 Å². The summed E-state index contributed by atoms with van der Waals surface area (Å²) < 4.78 is 5.61. The van der Waals surface area contributed by atoms with E-state index in [0.717, 1.165) is 24.1 Å². The SMILES string of the molecule is O=C(NC[C@H](OCCO)c1cccs1)[C@H]1CC=CCC1. The molecule has 2 atom stereocenters. The van der Waals surface area contributed by atoms with Crippen molar-refractivity contribution >= 4 is 17.2 Å². The molecule has 110 valence electrons. The molecular weight excluding hydrogens is 274 g/mol. The molecule has 2 N–H and O–H groups in total. The summed E-state index contributed by atoms with van der Waals surface area (Å²) in [6, 6.07) is 3.95. The van der Waals surface area contributed by atoms with E-state index in [1.54, 1.807) is 11.3 Å². The summed E-state index contributed by atoms with van der Waals surface area (Å²) in [5.41, 5.74) is 0. The van der Waals surface area contributed by atoms with Crippen LogP contribution < -0.4 is 5.32 Å². The summed E-state index contributed by atoms with van der Waals surface area (Å²) in [5, 5.41) is 13.8. The maximum atomic E-state index is 12.1. The summed E-state index contributed by atoms with van der Waals surface area (Å²) in [7, 11) is 0. The topological polar surface area (TPSA) is 58.6 Å². The van der Waals surface area contributed by atoms with Crippen molar-refractivity contribution in [3.05, 3.63) is 34.5 Å². The molecule has 0 radical (unpaired) electrons. The second-order valence-electron chi connectivity index (χ2n) is 4.82. The van der Waals surface area contributed by atoms with Gasteiger partial charge in [-0.3, -0.25) is 4.79 Å². The summed E-state index contributed by atoms with van der Waals surface area (Å²) in [6.07, 6.45) is 6.75. The molecule has 0 saturated heterocycles. The Morgan fingerprint density at radius 3 is 3.10 bits per heavy atom. The first kappa shape index (κ1) is 15.2. The molecule has 0 fully saturated rings. The Kier molecular flexibility index (Phi) is 6.24. The third-order valence-corrected chi connectivity index (χ3v) is 4.34. The zero-order valence-electron chi connectivity index (χ0n) is 11.5. The number of amides is 1. The maximum absolute atomic E-state index is 12.1. The zero-order valence-corrected chi connectivity index (χ0v) is 12.3. The first-order valence-electron chi connectivity index (χ1n) is 7.00. The molecular formula is C15H21NO3S. The van der Waals surface area contributed by atoms with E-state index in [9.17, 15) is 4.79 Å². The fourth-order valence-corrected chi connectivity index (χ4v) is 3.06. The van der Waals surface area contributed by atoms with Crippen molar-refractivity contribution in [3.63, 3.8) is 0 Å². The molecule has 0 aliphatic heterocycles. The van der Waals surface area contributed by atoms with E-state index >= 15 is 0 Å². The van der Waals surface area contributed by atoms with Gasteiger partial charge in [0, 0.05) is 17.3 Å². The van der Waals surface area contributed by atoms with Crippen molar-refractivity contribution in [1.82, 2.24) is 5.32 Å². The fraction of sp³-hybridized carbons (Fsp3) is 0.533. The number of thiophene rings is 1. The lowest BCUT2D eigenvalue weighted by Crippen LogP contribution is -2.34. The van der Waals surface area contributed by atoms with Gasteiger partial charge in [-0.25, -0.2) is 0 Å². The van der Waals surface area contributed by atoms with Gasteiger partial charge in [-0.15, -0.1) is 11.3 Å². The van der Waals surface area contributed by atoms with Crippen molar-refractivity contribution in [2.45, 2.75) is 25.4 Å². The van der Waals surface area contributed by atoms with Gasteiger partial charge in [0.25, 0.3) is 0 Å². The van der Waals surface area contributed by atoms with Crippen molar-refractivity contribution in [2.24, 2.45) is 5.92 Å². The highest BCUT2D eigenvalue weighted by Gasteiger charge is 2.20. The van der Waals surface area contributed by atoms with Crippen LogP contribution in [0.4, 0.5) is 0 Å². The van der Waals surface area contributed by atoms with Crippen LogP contribution in [-0.4, -0.2) is 30.8 Å². The second-order valence-corrected chi connectivity index (χ2v) is 5.80. The first-order valence-corrected chi connectivity index (χ1v) is 7.88. The quantitative estimate of drug-likeness (QED) is 0.759. The predicted octanol–water partition coefficient (Wildman–Crippen LogP) is 2.27. The molecule has 1 aliphatic carbocycles. The van der Waals surface area contributed by atoms with E-state index in [1.807, 2.05) is 17.5 Å². The minimum Gasteiger partial charge on any atom is -0.394 e. The van der Waals surface area contributed by atoms with Crippen LogP contribution in [0.15, 0.2) is 29.7 Å². The zero-order chi connectivity index (χ0) is 14.2. The van der Waals surface area contributed by atoms with Gasteiger partial charge in [-0.1, -0.05) is 18.2 Å². The minimum atomic E-state index is -0.176. The van der Waals surface area contributed by atoms with E-state index in [4.69, 9.17) is 9.84 Å². The van der Waals surface area contributed by atoms with Gasteiger partial charge in [0.05, 0.1) is 13.2 Å². The van der Waals surface area contributed by atoms with Crippen molar-refractivity contribution in [1.29, 1.82) is 0 Å². The van der Waals surface area contributed by atoms with E-state index in [2.05, 4.69) is 17.5 Å². The van der Waals surface area contributed by atoms with Gasteiger partial charge in [-0.05, 0) is 30.7 Å². The highest BCUT2D eigenvalue weighted by Crippen LogP contribution is 2.23. The molecule has 0 spiro atoms. The fourth-order valence-electron chi connectivity index (χ4n) is 2.28. The van der Waals surface area contributed by atoms with Crippen LogP contribution in [0.5, 0.6) is 0 Å². The number of hydrogen-bond donors (Lipinski definition) is 2. The van der Waals surface area contributed by atoms with Crippen molar-refractivity contribution in [3.8, 4) is 0 Å².